The van der Waals surface area contributed by atoms with Crippen LogP contribution in [0.5, 0.6) is 0 Å². The number of rotatable bonds is 6. The standard InChI is InChI=1S/C18H14N6O2S.C10H6N4O2S.C8H11N/c1-24(2)12-6-4-11(5-7-12)22-23-18-21-15-16(27-18)20-13-8-3-10(17(25)26)9-14(13)19-15;11-10-14-7-8(17-10)13-5-2-1-4(9(15)16)3-6(5)12-7;1-9(2)8-6-4-3-5-7-8/h3-9H,1-2H3,(H,25,26);1-3H,(H,15,16)(H2,11,12,14);3-7H,1-2H3. The normalized spacial score (nSPS) is 10.9. The summed E-state index contributed by atoms with van der Waals surface area (Å²) in [5, 5.41) is 27.2. The summed E-state index contributed by atoms with van der Waals surface area (Å²) in [5.74, 6) is -2.00. The molecule has 8 rings (SSSR count). The number of hydrogen-bond donors (Lipinski definition) is 3. The van der Waals surface area contributed by atoms with E-state index in [0.29, 0.717) is 53.3 Å². The third kappa shape index (κ3) is 8.78. The first-order chi connectivity index (χ1) is 25.4. The summed E-state index contributed by atoms with van der Waals surface area (Å²) in [6, 6.07) is 27.2. The van der Waals surface area contributed by atoms with Crippen LogP contribution in [0.2, 0.25) is 0 Å². The fourth-order valence-electron chi connectivity index (χ4n) is 4.72. The molecular formula is C36H31N11O4S2. The lowest BCUT2D eigenvalue weighted by molar-refractivity contribution is 0.0686. The lowest BCUT2D eigenvalue weighted by Crippen LogP contribution is -2.07. The van der Waals surface area contributed by atoms with Gasteiger partial charge in [0.05, 0.1) is 38.9 Å². The van der Waals surface area contributed by atoms with Crippen molar-refractivity contribution < 1.29 is 19.8 Å². The van der Waals surface area contributed by atoms with Gasteiger partial charge < -0.3 is 25.7 Å². The number of para-hydroxylation sites is 1. The van der Waals surface area contributed by atoms with Crippen molar-refractivity contribution in [3.8, 4) is 0 Å². The Bertz CT molecular complexity index is 2610. The molecule has 4 aromatic carbocycles. The van der Waals surface area contributed by atoms with Gasteiger partial charge in [-0.3, -0.25) is 0 Å². The molecule has 0 saturated carbocycles. The first kappa shape index (κ1) is 36.1. The molecule has 0 saturated heterocycles. The van der Waals surface area contributed by atoms with Crippen molar-refractivity contribution in [3.05, 3.63) is 102 Å². The number of aromatic nitrogens is 6. The van der Waals surface area contributed by atoms with E-state index in [2.05, 4.69) is 57.2 Å². The molecule has 0 fully saturated rings. The maximum absolute atomic E-state index is 11.1. The van der Waals surface area contributed by atoms with Gasteiger partial charge in [0.2, 0.25) is 5.13 Å². The SMILES string of the molecule is CN(C)c1ccc(N=Nc2nc3nc4cc(C(=O)O)ccc4nc3s2)cc1.CN(C)c1ccccc1.Nc1nc2nc3cc(C(=O)O)ccc3nc2s1. The van der Waals surface area contributed by atoms with Gasteiger partial charge in [-0.25, -0.2) is 29.5 Å². The summed E-state index contributed by atoms with van der Waals surface area (Å²) in [4.78, 5) is 53.1. The number of fused-ring (bicyclic) bond motifs is 4. The number of carboxylic acids is 2. The topological polar surface area (TPSA) is 209 Å². The second-order valence-electron chi connectivity index (χ2n) is 11.6. The highest BCUT2D eigenvalue weighted by Crippen LogP contribution is 2.29. The van der Waals surface area contributed by atoms with Crippen LogP contribution in [0.4, 0.5) is 27.3 Å². The molecule has 4 aromatic heterocycles. The first-order valence-corrected chi connectivity index (χ1v) is 17.4. The van der Waals surface area contributed by atoms with Gasteiger partial charge in [-0.1, -0.05) is 40.9 Å². The first-order valence-electron chi connectivity index (χ1n) is 15.7. The second-order valence-corrected chi connectivity index (χ2v) is 13.6. The zero-order valence-corrected chi connectivity index (χ0v) is 30.4. The fourth-order valence-corrected chi connectivity index (χ4v) is 6.09. The van der Waals surface area contributed by atoms with E-state index in [0.717, 1.165) is 11.4 Å². The molecule has 0 bridgehead atoms. The summed E-state index contributed by atoms with van der Waals surface area (Å²) in [5.41, 5.74) is 12.0. The zero-order chi connectivity index (χ0) is 37.6. The van der Waals surface area contributed by atoms with Gasteiger partial charge in [-0.2, -0.15) is 9.97 Å². The minimum Gasteiger partial charge on any atom is -0.478 e. The quantitative estimate of drug-likeness (QED) is 0.140. The minimum absolute atomic E-state index is 0.160. The monoisotopic (exact) mass is 745 g/mol. The molecule has 266 valence electrons. The fraction of sp³-hybridized carbons (Fsp3) is 0.111. The van der Waals surface area contributed by atoms with E-state index < -0.39 is 11.9 Å². The molecule has 0 unspecified atom stereocenters. The summed E-state index contributed by atoms with van der Waals surface area (Å²) in [6.07, 6.45) is 0. The van der Waals surface area contributed by atoms with Gasteiger partial charge in [0, 0.05) is 39.6 Å². The minimum atomic E-state index is -1.01. The number of anilines is 3. The van der Waals surface area contributed by atoms with Crippen molar-refractivity contribution in [3.63, 3.8) is 0 Å². The van der Waals surface area contributed by atoms with E-state index in [1.165, 1.54) is 52.6 Å². The summed E-state index contributed by atoms with van der Waals surface area (Å²) >= 11 is 2.53. The van der Waals surface area contributed by atoms with Gasteiger partial charge in [0.1, 0.15) is 0 Å². The Hall–Kier alpha value is -6.72. The van der Waals surface area contributed by atoms with Crippen LogP contribution in [-0.4, -0.2) is 80.2 Å². The highest BCUT2D eigenvalue weighted by Gasteiger charge is 2.12. The Morgan fingerprint density at radius 3 is 1.60 bits per heavy atom. The van der Waals surface area contributed by atoms with Crippen LogP contribution >= 0.6 is 22.7 Å². The average molecular weight is 746 g/mol. The Morgan fingerprint density at radius 1 is 0.585 bits per heavy atom. The van der Waals surface area contributed by atoms with Gasteiger partial charge >= 0.3 is 11.9 Å². The predicted octanol–water partition coefficient (Wildman–Crippen LogP) is 7.69. The number of nitrogen functional groups attached to an aromatic ring is 1. The predicted molar refractivity (Wildman–Crippen MR) is 209 cm³/mol. The lowest BCUT2D eigenvalue weighted by Gasteiger charge is -2.11. The van der Waals surface area contributed by atoms with E-state index in [1.807, 2.05) is 75.6 Å². The highest BCUT2D eigenvalue weighted by molar-refractivity contribution is 7.21. The van der Waals surface area contributed by atoms with Crippen molar-refractivity contribution in [1.82, 2.24) is 29.9 Å². The van der Waals surface area contributed by atoms with Crippen LogP contribution in [0.1, 0.15) is 20.7 Å². The number of carbonyl (C=O) groups is 2. The van der Waals surface area contributed by atoms with E-state index in [-0.39, 0.29) is 11.1 Å². The zero-order valence-electron chi connectivity index (χ0n) is 28.7. The number of carboxylic acid groups (broad SMARTS) is 2. The van der Waals surface area contributed by atoms with E-state index in [9.17, 15) is 9.59 Å². The van der Waals surface area contributed by atoms with E-state index in [1.54, 1.807) is 12.1 Å². The molecule has 15 nitrogen and oxygen atoms in total. The van der Waals surface area contributed by atoms with Gasteiger partial charge in [-0.15, -0.1) is 10.2 Å². The summed E-state index contributed by atoms with van der Waals surface area (Å²) in [6.45, 7) is 0. The molecule has 0 radical (unpaired) electrons. The number of thiazole rings is 2. The molecule has 0 spiro atoms. The van der Waals surface area contributed by atoms with E-state index in [4.69, 9.17) is 15.9 Å². The van der Waals surface area contributed by atoms with Crippen molar-refractivity contribution >= 4 is 105 Å². The number of nitrogens with two attached hydrogens (primary N) is 1. The Labute approximate surface area is 309 Å². The summed E-state index contributed by atoms with van der Waals surface area (Å²) in [7, 11) is 8.02. The molecule has 8 aromatic rings. The van der Waals surface area contributed by atoms with Crippen LogP contribution in [0.3, 0.4) is 0 Å². The molecule has 4 heterocycles. The molecule has 4 N–H and O–H groups in total. The van der Waals surface area contributed by atoms with E-state index >= 15 is 0 Å². The summed E-state index contributed by atoms with van der Waals surface area (Å²) < 4.78 is 0. The highest BCUT2D eigenvalue weighted by atomic mass is 32.1. The largest absolute Gasteiger partial charge is 0.478 e. The van der Waals surface area contributed by atoms with Crippen LogP contribution in [0, 0.1) is 0 Å². The number of aromatic carboxylic acids is 2. The molecule has 0 amide bonds. The molecule has 53 heavy (non-hydrogen) atoms. The van der Waals surface area contributed by atoms with Crippen molar-refractivity contribution in [1.29, 1.82) is 0 Å². The Morgan fingerprint density at radius 2 is 1.09 bits per heavy atom. The molecule has 0 aliphatic carbocycles. The van der Waals surface area contributed by atoms with Crippen LogP contribution < -0.4 is 15.5 Å². The van der Waals surface area contributed by atoms with Gasteiger partial charge in [-0.05, 0) is 72.8 Å². The number of benzene rings is 4. The molecular weight excluding hydrogens is 715 g/mol. The van der Waals surface area contributed by atoms with Crippen LogP contribution in [0.15, 0.2) is 101 Å². The molecule has 0 aliphatic rings. The third-order valence-electron chi connectivity index (χ3n) is 7.42. The smallest absolute Gasteiger partial charge is 0.335 e. The number of azo groups is 1. The lowest BCUT2D eigenvalue weighted by atomic mass is 10.2. The van der Waals surface area contributed by atoms with Crippen molar-refractivity contribution in [2.75, 3.05) is 43.7 Å². The van der Waals surface area contributed by atoms with Crippen LogP contribution in [-0.2, 0) is 0 Å². The molecule has 0 atom stereocenters. The third-order valence-corrected chi connectivity index (χ3v) is 9.01. The van der Waals surface area contributed by atoms with Crippen molar-refractivity contribution in [2.45, 2.75) is 0 Å². The van der Waals surface area contributed by atoms with Gasteiger partial charge in [0.25, 0.3) is 0 Å². The number of hydrogen-bond acceptors (Lipinski definition) is 15. The van der Waals surface area contributed by atoms with Crippen molar-refractivity contribution in [2.24, 2.45) is 10.2 Å². The number of nitrogens with zero attached hydrogens (tertiary/aromatic N) is 10. The Kier molecular flexibility index (Phi) is 10.7. The van der Waals surface area contributed by atoms with Crippen LogP contribution in [0.25, 0.3) is 43.0 Å². The Balaban J connectivity index is 0.000000156. The van der Waals surface area contributed by atoms with Gasteiger partial charge in [0.15, 0.2) is 26.1 Å². The maximum Gasteiger partial charge on any atom is 0.335 e. The molecule has 0 aliphatic heterocycles. The average Bonchev–Trinajstić information content (AvgIpc) is 3.73. The molecule has 17 heteroatoms. The second kappa shape index (κ2) is 15.7. The maximum atomic E-state index is 11.1.